The highest BCUT2D eigenvalue weighted by atomic mass is 32.1. The molecule has 162 valence electrons. The molecule has 4 rings (SSSR count). The number of nitrogens with zero attached hydrogens (tertiary/aromatic N) is 1. The van der Waals surface area contributed by atoms with Crippen molar-refractivity contribution in [1.29, 1.82) is 0 Å². The molecule has 1 aromatic heterocycles. The molecule has 0 saturated heterocycles. The maximum Gasteiger partial charge on any atom is 0.355 e. The maximum absolute atomic E-state index is 13.1. The number of benzene rings is 1. The van der Waals surface area contributed by atoms with Crippen LogP contribution >= 0.6 is 11.3 Å². The number of Topliss-reactive ketones (excluding diaryl/α,β-unsaturated/α-hetero) is 1. The number of guanidine groups is 1. The van der Waals surface area contributed by atoms with Crippen LogP contribution in [0, 0.1) is 18.3 Å². The second-order valence-electron chi connectivity index (χ2n) is 8.52. The number of anilines is 1. The van der Waals surface area contributed by atoms with Crippen molar-refractivity contribution in [2.75, 3.05) is 11.9 Å². The summed E-state index contributed by atoms with van der Waals surface area (Å²) in [6.07, 6.45) is 2.65. The Morgan fingerprint density at radius 2 is 2.10 bits per heavy atom. The number of hydrogen-bond acceptors (Lipinski definition) is 7. The molecular formula is C23H27N4O3S+. The van der Waals surface area contributed by atoms with Crippen LogP contribution in [0.4, 0.5) is 5.13 Å². The molecule has 0 spiro atoms. The molecule has 7 nitrogen and oxygen atoms in total. The molecule has 2 atom stereocenters. The molecule has 8 heteroatoms. The summed E-state index contributed by atoms with van der Waals surface area (Å²) in [5.74, 6) is 0.190. The van der Waals surface area contributed by atoms with Crippen molar-refractivity contribution in [2.45, 2.75) is 40.2 Å². The van der Waals surface area contributed by atoms with Gasteiger partial charge in [-0.05, 0) is 30.9 Å². The lowest BCUT2D eigenvalue weighted by Crippen LogP contribution is -2.84. The van der Waals surface area contributed by atoms with Crippen LogP contribution in [-0.2, 0) is 9.53 Å². The van der Waals surface area contributed by atoms with Crippen molar-refractivity contribution in [3.05, 3.63) is 58.2 Å². The van der Waals surface area contributed by atoms with Crippen molar-refractivity contribution in [3.63, 3.8) is 0 Å². The van der Waals surface area contributed by atoms with E-state index < -0.39 is 0 Å². The van der Waals surface area contributed by atoms with E-state index >= 15 is 0 Å². The van der Waals surface area contributed by atoms with Crippen molar-refractivity contribution >= 4 is 34.2 Å². The summed E-state index contributed by atoms with van der Waals surface area (Å²) in [7, 11) is 0. The largest absolute Gasteiger partial charge is 0.462 e. The van der Waals surface area contributed by atoms with E-state index in [1.165, 1.54) is 11.3 Å². The number of allylic oxidation sites excluding steroid dienone is 1. The van der Waals surface area contributed by atoms with Gasteiger partial charge in [0.15, 0.2) is 0 Å². The Kier molecular flexibility index (Phi) is 5.66. The second-order valence-corrected chi connectivity index (χ2v) is 9.52. The third-order valence-corrected chi connectivity index (χ3v) is 6.46. The topological polar surface area (TPSA) is 94.3 Å². The summed E-state index contributed by atoms with van der Waals surface area (Å²) < 4.78 is 5.11. The number of carbonyl (C=O) groups excluding carboxylic acids is 2. The maximum atomic E-state index is 13.1. The number of rotatable bonds is 4. The molecule has 2 heterocycles. The molecule has 31 heavy (non-hydrogen) atoms. The second kappa shape index (κ2) is 8.26. The fourth-order valence-corrected chi connectivity index (χ4v) is 5.00. The van der Waals surface area contributed by atoms with E-state index in [1.807, 2.05) is 30.3 Å². The van der Waals surface area contributed by atoms with Crippen LogP contribution < -0.4 is 15.6 Å². The first-order chi connectivity index (χ1) is 14.8. The first kappa shape index (κ1) is 21.2. The third-order valence-electron chi connectivity index (χ3n) is 5.41. The molecule has 0 fully saturated rings. The Balaban J connectivity index is 1.69. The molecule has 0 amide bonds. The van der Waals surface area contributed by atoms with Gasteiger partial charge in [0.1, 0.15) is 22.6 Å². The number of aryl methyl sites for hydroxylation is 1. The van der Waals surface area contributed by atoms with Crippen molar-refractivity contribution in [2.24, 2.45) is 11.3 Å². The van der Waals surface area contributed by atoms with Crippen LogP contribution in [0.3, 0.4) is 0 Å². The molecule has 3 N–H and O–H groups in total. The first-order valence-electron chi connectivity index (χ1n) is 10.4. The molecule has 0 bridgehead atoms. The molecule has 2 aliphatic rings. The number of fused-ring (bicyclic) bond motifs is 1. The fraction of sp³-hybridized carbons (Fsp3) is 0.391. The Morgan fingerprint density at radius 1 is 1.35 bits per heavy atom. The summed E-state index contributed by atoms with van der Waals surface area (Å²) in [6, 6.07) is 9.76. The van der Waals surface area contributed by atoms with Gasteiger partial charge < -0.3 is 4.74 Å². The van der Waals surface area contributed by atoms with Gasteiger partial charge in [-0.15, -0.1) is 0 Å². The van der Waals surface area contributed by atoms with E-state index in [2.05, 4.69) is 40.5 Å². The van der Waals surface area contributed by atoms with Crippen molar-refractivity contribution in [1.82, 2.24) is 10.3 Å². The summed E-state index contributed by atoms with van der Waals surface area (Å²) >= 11 is 1.24. The van der Waals surface area contributed by atoms with E-state index in [9.17, 15) is 9.59 Å². The van der Waals surface area contributed by atoms with Crippen LogP contribution in [0.15, 0.2) is 42.1 Å². The van der Waals surface area contributed by atoms with E-state index in [4.69, 9.17) is 4.74 Å². The van der Waals surface area contributed by atoms with Gasteiger partial charge in [-0.3, -0.25) is 9.79 Å². The van der Waals surface area contributed by atoms with Gasteiger partial charge >= 0.3 is 11.9 Å². The number of carbonyl (C=O) groups is 2. The Morgan fingerprint density at radius 3 is 2.81 bits per heavy atom. The van der Waals surface area contributed by atoms with Gasteiger partial charge in [-0.25, -0.2) is 20.4 Å². The highest BCUT2D eigenvalue weighted by Crippen LogP contribution is 2.38. The lowest BCUT2D eigenvalue weighted by atomic mass is 9.72. The van der Waals surface area contributed by atoms with Gasteiger partial charge in [0.05, 0.1) is 18.0 Å². The molecule has 1 aliphatic heterocycles. The Labute approximate surface area is 185 Å². The van der Waals surface area contributed by atoms with Crippen LogP contribution in [0.2, 0.25) is 0 Å². The number of ketones is 1. The van der Waals surface area contributed by atoms with Crippen LogP contribution in [0.1, 0.15) is 54.2 Å². The number of aromatic nitrogens is 1. The standard InChI is InChI=1S/C23H26N4O3S/c1-5-30-20(29)19-13(2)24-22(31-19)27-21-25-15-11-23(3,4)12-16(28)17(15)18(26-21)14-9-7-6-8-10-14/h6-11,17-18H,5,12H2,1-4H3,(H2,24,25,26,27)/p+1/t17-,18-/m0/s1. The highest BCUT2D eigenvalue weighted by Gasteiger charge is 2.45. The van der Waals surface area contributed by atoms with Crippen LogP contribution in [0.5, 0.6) is 0 Å². The monoisotopic (exact) mass is 439 g/mol. The first-order valence-corrected chi connectivity index (χ1v) is 11.2. The minimum atomic E-state index is -0.371. The predicted molar refractivity (Wildman–Crippen MR) is 120 cm³/mol. The zero-order valence-corrected chi connectivity index (χ0v) is 18.9. The molecule has 1 aliphatic carbocycles. The average molecular weight is 440 g/mol. The van der Waals surface area contributed by atoms with Crippen LogP contribution in [-0.4, -0.2) is 29.3 Å². The van der Waals surface area contributed by atoms with Gasteiger partial charge in [0.25, 0.3) is 5.13 Å². The molecule has 2 aromatic rings. The fourth-order valence-electron chi connectivity index (χ4n) is 4.14. The van der Waals surface area contributed by atoms with Crippen molar-refractivity contribution < 1.29 is 19.3 Å². The lowest BCUT2D eigenvalue weighted by molar-refractivity contribution is -0.522. The summed E-state index contributed by atoms with van der Waals surface area (Å²) in [5, 5.41) is 7.19. The van der Waals surface area contributed by atoms with E-state index in [1.54, 1.807) is 13.8 Å². The van der Waals surface area contributed by atoms with Gasteiger partial charge in [-0.1, -0.05) is 55.5 Å². The van der Waals surface area contributed by atoms with E-state index in [0.717, 1.165) is 11.3 Å². The SMILES string of the molecule is CCOC(=O)c1sc(NC2=[NH+][C@@H](c3ccccc3)[C@@H]3C(=O)CC(C)(C)C=C3N2)nc1C. The predicted octanol–water partition coefficient (Wildman–Crippen LogP) is 2.32. The minimum absolute atomic E-state index is 0.203. The van der Waals surface area contributed by atoms with Crippen molar-refractivity contribution in [3.8, 4) is 0 Å². The van der Waals surface area contributed by atoms with Crippen LogP contribution in [0.25, 0.3) is 0 Å². The highest BCUT2D eigenvalue weighted by molar-refractivity contribution is 7.17. The normalized spacial score (nSPS) is 22.0. The lowest BCUT2D eigenvalue weighted by Gasteiger charge is -2.36. The Bertz CT molecular complexity index is 1070. The number of thiazole rings is 1. The average Bonchev–Trinajstić information content (AvgIpc) is 3.07. The number of esters is 1. The molecule has 1 aromatic carbocycles. The van der Waals surface area contributed by atoms with E-state index in [-0.39, 0.29) is 29.1 Å². The van der Waals surface area contributed by atoms with Gasteiger partial charge in [0, 0.05) is 6.42 Å². The number of hydrogen-bond donors (Lipinski definition) is 3. The molecule has 0 unspecified atom stereocenters. The smallest absolute Gasteiger partial charge is 0.355 e. The molecular weight excluding hydrogens is 412 g/mol. The summed E-state index contributed by atoms with van der Waals surface area (Å²) in [4.78, 5) is 33.6. The molecule has 0 saturated carbocycles. The zero-order chi connectivity index (χ0) is 22.2. The molecule has 0 radical (unpaired) electrons. The number of ether oxygens (including phenoxy) is 1. The quantitative estimate of drug-likeness (QED) is 0.633. The minimum Gasteiger partial charge on any atom is -0.462 e. The van der Waals surface area contributed by atoms with E-state index in [0.29, 0.717) is 34.7 Å². The summed E-state index contributed by atoms with van der Waals surface area (Å²) in [5.41, 5.74) is 2.33. The van der Waals surface area contributed by atoms with Gasteiger partial charge in [0.2, 0.25) is 0 Å². The number of nitrogens with one attached hydrogen (secondary N) is 3. The summed E-state index contributed by atoms with van der Waals surface area (Å²) in [6.45, 7) is 8.02. The van der Waals surface area contributed by atoms with Gasteiger partial charge in [-0.2, -0.15) is 0 Å². The zero-order valence-electron chi connectivity index (χ0n) is 18.1. The Hall–Kier alpha value is -3.00. The third kappa shape index (κ3) is 4.39.